The molecule has 0 atom stereocenters. The lowest BCUT2D eigenvalue weighted by Crippen LogP contribution is -2.32. The highest BCUT2D eigenvalue weighted by Gasteiger charge is 2.17. The first-order valence-corrected chi connectivity index (χ1v) is 7.42. The second-order valence-corrected chi connectivity index (χ2v) is 6.01. The Labute approximate surface area is 123 Å². The van der Waals surface area contributed by atoms with Crippen LogP contribution in [0.3, 0.4) is 0 Å². The molecule has 0 amide bonds. The van der Waals surface area contributed by atoms with E-state index in [-0.39, 0.29) is 0 Å². The Balaban J connectivity index is 2.36. The van der Waals surface area contributed by atoms with Crippen LogP contribution in [0.15, 0.2) is 35.8 Å². The minimum Gasteiger partial charge on any atom is -0.388 e. The highest BCUT2D eigenvalue weighted by Crippen LogP contribution is 2.24. The zero-order valence-corrected chi connectivity index (χ0v) is 12.7. The van der Waals surface area contributed by atoms with E-state index in [1.165, 1.54) is 4.88 Å². The molecule has 0 aliphatic carbocycles. The van der Waals surface area contributed by atoms with Gasteiger partial charge in [0, 0.05) is 17.1 Å². The molecule has 19 heavy (non-hydrogen) atoms. The van der Waals surface area contributed by atoms with E-state index in [2.05, 4.69) is 41.2 Å². The number of nitrogens with zero attached hydrogens (tertiary/aromatic N) is 2. The Hall–Kier alpha value is -1.46. The van der Waals surface area contributed by atoms with Gasteiger partial charge in [-0.15, -0.1) is 11.3 Å². The van der Waals surface area contributed by atoms with Crippen molar-refractivity contribution in [1.82, 2.24) is 4.98 Å². The van der Waals surface area contributed by atoms with Crippen molar-refractivity contribution in [2.45, 2.75) is 26.4 Å². The third kappa shape index (κ3) is 3.30. The topological polar surface area (TPSA) is 42.2 Å². The van der Waals surface area contributed by atoms with Crippen molar-refractivity contribution in [1.29, 1.82) is 0 Å². The summed E-state index contributed by atoms with van der Waals surface area (Å²) in [5.74, 6) is 0. The first kappa shape index (κ1) is 14.0. The quantitative estimate of drug-likeness (QED) is 0.859. The van der Waals surface area contributed by atoms with Gasteiger partial charge in [-0.05, 0) is 37.4 Å². The molecular formula is C14H17N3S2. The first-order chi connectivity index (χ1) is 9.09. The van der Waals surface area contributed by atoms with Gasteiger partial charge in [-0.1, -0.05) is 18.3 Å². The molecule has 100 valence electrons. The highest BCUT2D eigenvalue weighted by molar-refractivity contribution is 7.80. The highest BCUT2D eigenvalue weighted by atomic mass is 32.1. The summed E-state index contributed by atoms with van der Waals surface area (Å²) in [4.78, 5) is 8.23. The number of pyridine rings is 1. The van der Waals surface area contributed by atoms with Crippen LogP contribution in [0.25, 0.3) is 0 Å². The van der Waals surface area contributed by atoms with Crippen molar-refractivity contribution in [2.24, 2.45) is 5.73 Å². The Bertz CT molecular complexity index is 550. The summed E-state index contributed by atoms with van der Waals surface area (Å²) in [6, 6.07) is 8.49. The molecule has 0 aromatic carbocycles. The number of nitrogens with two attached hydrogens (primary N) is 1. The largest absolute Gasteiger partial charge is 0.388 e. The normalized spacial score (nSPS) is 10.7. The number of rotatable bonds is 5. The molecule has 2 heterocycles. The van der Waals surface area contributed by atoms with Gasteiger partial charge < -0.3 is 10.6 Å². The van der Waals surface area contributed by atoms with Crippen LogP contribution in [0, 0.1) is 0 Å². The van der Waals surface area contributed by atoms with E-state index in [9.17, 15) is 0 Å². The Morgan fingerprint density at radius 3 is 2.79 bits per heavy atom. The van der Waals surface area contributed by atoms with E-state index in [4.69, 9.17) is 18.0 Å². The third-order valence-corrected chi connectivity index (χ3v) is 3.91. The smallest absolute Gasteiger partial charge is 0.124 e. The van der Waals surface area contributed by atoms with E-state index in [0.29, 0.717) is 16.7 Å². The van der Waals surface area contributed by atoms with Gasteiger partial charge in [0.1, 0.15) is 10.7 Å². The van der Waals surface area contributed by atoms with Crippen molar-refractivity contribution in [2.75, 3.05) is 4.90 Å². The molecule has 0 spiro atoms. The lowest BCUT2D eigenvalue weighted by molar-refractivity contribution is 0.685. The molecule has 0 saturated heterocycles. The number of aromatic nitrogens is 1. The van der Waals surface area contributed by atoms with Crippen LogP contribution < -0.4 is 10.6 Å². The van der Waals surface area contributed by atoms with Gasteiger partial charge in [0.05, 0.1) is 12.2 Å². The second kappa shape index (κ2) is 6.12. The maximum absolute atomic E-state index is 5.77. The summed E-state index contributed by atoms with van der Waals surface area (Å²) in [7, 11) is 0. The molecule has 0 aliphatic heterocycles. The average molecular weight is 291 g/mol. The molecule has 2 aromatic rings. The van der Waals surface area contributed by atoms with E-state index >= 15 is 0 Å². The van der Waals surface area contributed by atoms with Crippen molar-refractivity contribution < 1.29 is 0 Å². The fourth-order valence-corrected chi connectivity index (χ4v) is 2.79. The molecule has 0 unspecified atom stereocenters. The van der Waals surface area contributed by atoms with E-state index in [1.54, 1.807) is 17.5 Å². The summed E-state index contributed by atoms with van der Waals surface area (Å²) in [6.07, 6.45) is 1.72. The monoisotopic (exact) mass is 291 g/mol. The SMILES string of the molecule is CC(C)N(Cc1cccs1)c1cccnc1C(N)=S. The van der Waals surface area contributed by atoms with E-state index in [0.717, 1.165) is 12.2 Å². The minimum absolute atomic E-state index is 0.340. The fourth-order valence-electron chi connectivity index (χ4n) is 1.93. The average Bonchev–Trinajstić information content (AvgIpc) is 2.88. The van der Waals surface area contributed by atoms with Gasteiger partial charge in [-0.2, -0.15) is 0 Å². The maximum atomic E-state index is 5.77. The fraction of sp³-hybridized carbons (Fsp3) is 0.286. The second-order valence-electron chi connectivity index (χ2n) is 4.54. The molecule has 0 fully saturated rings. The van der Waals surface area contributed by atoms with Gasteiger partial charge in [0.2, 0.25) is 0 Å². The summed E-state index contributed by atoms with van der Waals surface area (Å²) in [5, 5.41) is 2.09. The predicted octanol–water partition coefficient (Wildman–Crippen LogP) is 3.19. The van der Waals surface area contributed by atoms with Crippen molar-refractivity contribution in [3.63, 3.8) is 0 Å². The van der Waals surface area contributed by atoms with Crippen LogP contribution in [-0.2, 0) is 6.54 Å². The van der Waals surface area contributed by atoms with Gasteiger partial charge in [-0.25, -0.2) is 0 Å². The molecule has 2 aromatic heterocycles. The Morgan fingerprint density at radius 2 is 2.21 bits per heavy atom. The first-order valence-electron chi connectivity index (χ1n) is 6.13. The van der Waals surface area contributed by atoms with Crippen LogP contribution >= 0.6 is 23.6 Å². The number of hydrogen-bond donors (Lipinski definition) is 1. The number of anilines is 1. The zero-order chi connectivity index (χ0) is 13.8. The standard InChI is InChI=1S/C14H17N3S2/c1-10(2)17(9-11-5-4-8-19-11)12-6-3-7-16-13(12)14(15)18/h3-8,10H,9H2,1-2H3,(H2,15,18). The predicted molar refractivity (Wildman–Crippen MR) is 85.8 cm³/mol. The van der Waals surface area contributed by atoms with Crippen LogP contribution in [0.2, 0.25) is 0 Å². The van der Waals surface area contributed by atoms with Crippen molar-refractivity contribution >= 4 is 34.2 Å². The molecule has 2 N–H and O–H groups in total. The molecule has 3 nitrogen and oxygen atoms in total. The van der Waals surface area contributed by atoms with Gasteiger partial charge in [0.25, 0.3) is 0 Å². The molecule has 2 rings (SSSR count). The van der Waals surface area contributed by atoms with Crippen molar-refractivity contribution in [3.05, 3.63) is 46.4 Å². The molecule has 0 radical (unpaired) electrons. The van der Waals surface area contributed by atoms with Crippen LogP contribution in [0.5, 0.6) is 0 Å². The summed E-state index contributed by atoms with van der Waals surface area (Å²) in [5.41, 5.74) is 7.47. The number of thiocarbonyl (C=S) groups is 1. The van der Waals surface area contributed by atoms with Gasteiger partial charge in [0.15, 0.2) is 0 Å². The molecule has 0 aliphatic rings. The van der Waals surface area contributed by atoms with Gasteiger partial charge in [-0.3, -0.25) is 4.98 Å². The van der Waals surface area contributed by atoms with Crippen LogP contribution in [0.1, 0.15) is 24.4 Å². The van der Waals surface area contributed by atoms with Crippen LogP contribution in [0.4, 0.5) is 5.69 Å². The molecule has 5 heteroatoms. The summed E-state index contributed by atoms with van der Waals surface area (Å²) < 4.78 is 0. The van der Waals surface area contributed by atoms with Gasteiger partial charge >= 0.3 is 0 Å². The molecule has 0 saturated carbocycles. The van der Waals surface area contributed by atoms with E-state index in [1.807, 2.05) is 12.1 Å². The lowest BCUT2D eigenvalue weighted by Gasteiger charge is -2.29. The lowest BCUT2D eigenvalue weighted by atomic mass is 10.2. The minimum atomic E-state index is 0.340. The molecule has 0 bridgehead atoms. The maximum Gasteiger partial charge on any atom is 0.124 e. The number of hydrogen-bond acceptors (Lipinski definition) is 4. The number of thiophene rings is 1. The summed E-state index contributed by atoms with van der Waals surface area (Å²) >= 11 is 6.85. The summed E-state index contributed by atoms with van der Waals surface area (Å²) in [6.45, 7) is 5.16. The van der Waals surface area contributed by atoms with E-state index < -0.39 is 0 Å². The Morgan fingerprint density at radius 1 is 1.42 bits per heavy atom. The van der Waals surface area contributed by atoms with Crippen LogP contribution in [-0.4, -0.2) is 16.0 Å². The zero-order valence-electron chi connectivity index (χ0n) is 11.0. The Kier molecular flexibility index (Phi) is 4.50. The molecular weight excluding hydrogens is 274 g/mol. The van der Waals surface area contributed by atoms with Crippen molar-refractivity contribution in [3.8, 4) is 0 Å². The third-order valence-electron chi connectivity index (χ3n) is 2.86.